The lowest BCUT2D eigenvalue weighted by Gasteiger charge is -2.24. The van der Waals surface area contributed by atoms with Crippen LogP contribution in [-0.2, 0) is 19.8 Å². The van der Waals surface area contributed by atoms with Crippen molar-refractivity contribution in [1.82, 2.24) is 4.57 Å². The number of alkyl halides is 3. The van der Waals surface area contributed by atoms with E-state index in [9.17, 15) is 27.9 Å². The minimum Gasteiger partial charge on any atom is -0.506 e. The van der Waals surface area contributed by atoms with E-state index in [0.717, 1.165) is 29.2 Å². The number of pyridine rings is 1. The molecule has 0 saturated heterocycles. The number of nitrogens with zero attached hydrogens (tertiary/aromatic N) is 2. The lowest BCUT2D eigenvalue weighted by atomic mass is 10.1. The van der Waals surface area contributed by atoms with Crippen LogP contribution in [0.4, 0.5) is 18.9 Å². The van der Waals surface area contributed by atoms with E-state index in [4.69, 9.17) is 4.74 Å². The molecule has 0 aliphatic heterocycles. The van der Waals surface area contributed by atoms with Gasteiger partial charge in [0.15, 0.2) is 0 Å². The van der Waals surface area contributed by atoms with Crippen LogP contribution in [0.15, 0.2) is 77.6 Å². The van der Waals surface area contributed by atoms with Gasteiger partial charge >= 0.3 is 6.18 Å². The fourth-order valence-electron chi connectivity index (χ4n) is 3.91. The van der Waals surface area contributed by atoms with Crippen molar-refractivity contribution < 1.29 is 27.8 Å². The molecular formula is C26H21F3N2O4. The van der Waals surface area contributed by atoms with E-state index in [1.54, 1.807) is 48.5 Å². The van der Waals surface area contributed by atoms with Crippen LogP contribution in [0.2, 0.25) is 0 Å². The molecule has 4 rings (SSSR count). The van der Waals surface area contributed by atoms with E-state index >= 15 is 0 Å². The number of carbonyl (C=O) groups is 1. The molecule has 6 nitrogen and oxygen atoms in total. The van der Waals surface area contributed by atoms with Gasteiger partial charge in [-0.05, 0) is 42.0 Å². The minimum absolute atomic E-state index is 0.0441. The molecule has 35 heavy (non-hydrogen) atoms. The van der Waals surface area contributed by atoms with Crippen LogP contribution in [0.1, 0.15) is 21.5 Å². The SMILES string of the molecule is COc1cccc2c1c(O)c(C(=O)N(Cc1ccccc1)c1ccc(C(F)(F)F)cc1)c(=O)n2C. The Hall–Kier alpha value is -4.27. The monoisotopic (exact) mass is 482 g/mol. The van der Waals surface area contributed by atoms with Gasteiger partial charge in [-0.15, -0.1) is 0 Å². The number of methoxy groups -OCH3 is 1. The van der Waals surface area contributed by atoms with Crippen LogP contribution in [0, 0.1) is 0 Å². The molecule has 0 atom stereocenters. The van der Waals surface area contributed by atoms with E-state index in [-0.39, 0.29) is 23.4 Å². The number of benzene rings is 3. The number of fused-ring (bicyclic) bond motifs is 1. The highest BCUT2D eigenvalue weighted by Crippen LogP contribution is 2.36. The molecule has 3 aromatic carbocycles. The van der Waals surface area contributed by atoms with Gasteiger partial charge in [0.1, 0.15) is 17.1 Å². The molecule has 0 bridgehead atoms. The normalized spacial score (nSPS) is 11.5. The molecule has 1 aromatic heterocycles. The Labute approximate surface area is 198 Å². The highest BCUT2D eigenvalue weighted by atomic mass is 19.4. The number of amides is 1. The number of hydrogen-bond donors (Lipinski definition) is 1. The van der Waals surface area contributed by atoms with Crippen LogP contribution in [0.25, 0.3) is 10.9 Å². The quantitative estimate of drug-likeness (QED) is 0.429. The summed E-state index contributed by atoms with van der Waals surface area (Å²) in [5.41, 5.74) is -0.975. The fraction of sp³-hybridized carbons (Fsp3) is 0.154. The van der Waals surface area contributed by atoms with E-state index in [1.165, 1.54) is 18.7 Å². The second kappa shape index (κ2) is 9.17. The lowest BCUT2D eigenvalue weighted by molar-refractivity contribution is -0.137. The number of aryl methyl sites for hydroxylation is 1. The number of rotatable bonds is 5. The first kappa shape index (κ1) is 23.9. The first-order valence-corrected chi connectivity index (χ1v) is 10.5. The summed E-state index contributed by atoms with van der Waals surface area (Å²) in [5, 5.41) is 11.2. The molecule has 9 heteroatoms. The van der Waals surface area contributed by atoms with Gasteiger partial charge in [0, 0.05) is 12.7 Å². The predicted octanol–water partition coefficient (Wildman–Crippen LogP) is 5.12. The predicted molar refractivity (Wildman–Crippen MR) is 126 cm³/mol. The van der Waals surface area contributed by atoms with Gasteiger partial charge in [0.05, 0.1) is 30.1 Å². The van der Waals surface area contributed by atoms with Crippen molar-refractivity contribution in [3.8, 4) is 11.5 Å². The third kappa shape index (κ3) is 4.44. The number of carbonyl (C=O) groups excluding carboxylic acids is 1. The van der Waals surface area contributed by atoms with Gasteiger partial charge in [-0.2, -0.15) is 13.2 Å². The minimum atomic E-state index is -4.55. The summed E-state index contributed by atoms with van der Waals surface area (Å²) in [6.07, 6.45) is -4.55. The zero-order valence-electron chi connectivity index (χ0n) is 18.8. The Bertz CT molecular complexity index is 1450. The average molecular weight is 482 g/mol. The number of anilines is 1. The molecule has 0 saturated carbocycles. The van der Waals surface area contributed by atoms with Crippen LogP contribution >= 0.6 is 0 Å². The first-order valence-electron chi connectivity index (χ1n) is 10.5. The number of aromatic nitrogens is 1. The van der Waals surface area contributed by atoms with E-state index in [1.807, 2.05) is 0 Å². The zero-order chi connectivity index (χ0) is 25.3. The van der Waals surface area contributed by atoms with Gasteiger partial charge in [-0.25, -0.2) is 0 Å². The molecule has 1 heterocycles. The smallest absolute Gasteiger partial charge is 0.416 e. The third-order valence-electron chi connectivity index (χ3n) is 5.73. The van der Waals surface area contributed by atoms with E-state index in [2.05, 4.69) is 0 Å². The summed E-state index contributed by atoms with van der Waals surface area (Å²) in [7, 11) is 2.85. The maximum absolute atomic E-state index is 13.8. The second-order valence-electron chi connectivity index (χ2n) is 7.86. The summed E-state index contributed by atoms with van der Waals surface area (Å²) < 4.78 is 45.8. The molecular weight excluding hydrogens is 461 g/mol. The lowest BCUT2D eigenvalue weighted by Crippen LogP contribution is -2.36. The highest BCUT2D eigenvalue weighted by Gasteiger charge is 2.32. The molecule has 0 aliphatic carbocycles. The number of halogens is 3. The molecule has 0 spiro atoms. The summed E-state index contributed by atoms with van der Waals surface area (Å²) in [4.78, 5) is 28.1. The first-order chi connectivity index (χ1) is 16.6. The van der Waals surface area contributed by atoms with Gasteiger partial charge in [0.2, 0.25) is 0 Å². The Morgan fingerprint density at radius 1 is 1.00 bits per heavy atom. The van der Waals surface area contributed by atoms with Gasteiger partial charge in [-0.1, -0.05) is 36.4 Å². The summed E-state index contributed by atoms with van der Waals surface area (Å²) in [6.45, 7) is -0.0441. The van der Waals surface area contributed by atoms with E-state index < -0.39 is 34.5 Å². The molecule has 4 aromatic rings. The Kier molecular flexibility index (Phi) is 6.26. The van der Waals surface area contributed by atoms with Crippen molar-refractivity contribution in [2.24, 2.45) is 7.05 Å². The van der Waals surface area contributed by atoms with Crippen molar-refractivity contribution in [2.45, 2.75) is 12.7 Å². The molecule has 1 amide bonds. The van der Waals surface area contributed by atoms with Crippen molar-refractivity contribution in [3.05, 3.63) is 99.8 Å². The number of ether oxygens (including phenoxy) is 1. The zero-order valence-corrected chi connectivity index (χ0v) is 18.8. The van der Waals surface area contributed by atoms with Crippen LogP contribution in [-0.4, -0.2) is 22.7 Å². The van der Waals surface area contributed by atoms with Crippen molar-refractivity contribution in [3.63, 3.8) is 0 Å². The largest absolute Gasteiger partial charge is 0.506 e. The van der Waals surface area contributed by atoms with Crippen LogP contribution < -0.4 is 15.2 Å². The van der Waals surface area contributed by atoms with Gasteiger partial charge < -0.3 is 19.3 Å². The van der Waals surface area contributed by atoms with Crippen molar-refractivity contribution >= 4 is 22.5 Å². The number of hydrogen-bond acceptors (Lipinski definition) is 4. The fourth-order valence-corrected chi connectivity index (χ4v) is 3.91. The molecule has 1 N–H and O–H groups in total. The van der Waals surface area contributed by atoms with Gasteiger partial charge in [-0.3, -0.25) is 9.59 Å². The van der Waals surface area contributed by atoms with Crippen LogP contribution in [0.5, 0.6) is 11.5 Å². The Morgan fingerprint density at radius 3 is 2.26 bits per heavy atom. The average Bonchev–Trinajstić information content (AvgIpc) is 2.85. The number of aromatic hydroxyl groups is 1. The summed E-state index contributed by atoms with van der Waals surface area (Å²) in [5.74, 6) is -1.16. The molecule has 180 valence electrons. The van der Waals surface area contributed by atoms with Crippen molar-refractivity contribution in [2.75, 3.05) is 12.0 Å². The molecule has 0 unspecified atom stereocenters. The Balaban J connectivity index is 1.90. The third-order valence-corrected chi connectivity index (χ3v) is 5.73. The standard InChI is InChI=1S/C26H21F3N2O4/c1-30-19-9-6-10-20(35-2)21(19)23(32)22(24(30)33)25(34)31(15-16-7-4-3-5-8-16)18-13-11-17(12-14-18)26(27,28)29/h3-14,32H,15H2,1-2H3. The van der Waals surface area contributed by atoms with Gasteiger partial charge in [0.25, 0.3) is 11.5 Å². The van der Waals surface area contributed by atoms with Crippen LogP contribution in [0.3, 0.4) is 0 Å². The molecule has 0 aliphatic rings. The highest BCUT2D eigenvalue weighted by molar-refractivity contribution is 6.11. The summed E-state index contributed by atoms with van der Waals surface area (Å²) >= 11 is 0. The molecule has 0 fully saturated rings. The Morgan fingerprint density at radius 2 is 1.66 bits per heavy atom. The topological polar surface area (TPSA) is 71.8 Å². The molecule has 0 radical (unpaired) electrons. The summed E-state index contributed by atoms with van der Waals surface area (Å²) in [6, 6.07) is 17.6. The second-order valence-corrected chi connectivity index (χ2v) is 7.86. The maximum Gasteiger partial charge on any atom is 0.416 e. The maximum atomic E-state index is 13.8. The van der Waals surface area contributed by atoms with Crippen molar-refractivity contribution in [1.29, 1.82) is 0 Å². The van der Waals surface area contributed by atoms with E-state index in [0.29, 0.717) is 11.1 Å².